The van der Waals surface area contributed by atoms with E-state index in [1.54, 1.807) is 0 Å². The second-order valence-corrected chi connectivity index (χ2v) is 4.43. The number of thioether (sulfide) groups is 1. The van der Waals surface area contributed by atoms with Gasteiger partial charge in [-0.05, 0) is 6.42 Å². The fourth-order valence-corrected chi connectivity index (χ4v) is 1.82. The highest BCUT2D eigenvalue weighted by Crippen LogP contribution is 2.18. The maximum atomic E-state index is 11.7. The zero-order chi connectivity index (χ0) is 13.6. The molecule has 0 aliphatic rings. The van der Waals surface area contributed by atoms with Crippen LogP contribution in [0.25, 0.3) is 0 Å². The van der Waals surface area contributed by atoms with Crippen molar-refractivity contribution >= 4 is 23.4 Å². The second-order valence-electron chi connectivity index (χ2n) is 3.37. The lowest BCUT2D eigenvalue weighted by Gasteiger charge is -2.07. The van der Waals surface area contributed by atoms with Gasteiger partial charge in [-0.3, -0.25) is 0 Å². The normalized spacial score (nSPS) is 11.7. The first-order valence-corrected chi connectivity index (χ1v) is 6.03. The van der Waals surface area contributed by atoms with Gasteiger partial charge >= 0.3 is 6.18 Å². The lowest BCUT2D eigenvalue weighted by Crippen LogP contribution is -2.17. The Morgan fingerprint density at radius 1 is 1.22 bits per heavy atom. The third-order valence-corrected chi connectivity index (χ3v) is 2.61. The third kappa shape index (κ3) is 6.50. The molecule has 0 atom stereocenters. The molecule has 0 fully saturated rings. The van der Waals surface area contributed by atoms with Gasteiger partial charge in [0.05, 0.1) is 0 Å². The molecule has 4 N–H and O–H groups in total. The first-order valence-electron chi connectivity index (χ1n) is 5.04. The zero-order valence-corrected chi connectivity index (χ0v) is 10.2. The van der Waals surface area contributed by atoms with Crippen LogP contribution < -0.4 is 11.5 Å². The molecule has 0 saturated heterocycles. The van der Waals surface area contributed by atoms with E-state index in [0.717, 1.165) is 0 Å². The van der Waals surface area contributed by atoms with Gasteiger partial charge < -0.3 is 16.2 Å². The highest BCUT2D eigenvalue weighted by Gasteiger charge is 2.27. The fourth-order valence-electron chi connectivity index (χ4n) is 1.04. The van der Waals surface area contributed by atoms with Crippen LogP contribution >= 0.6 is 11.8 Å². The lowest BCUT2D eigenvalue weighted by atomic mass is 10.5. The number of nitrogen functional groups attached to an aromatic ring is 2. The molecule has 1 aromatic rings. The Morgan fingerprint density at radius 2 is 1.83 bits per heavy atom. The van der Waals surface area contributed by atoms with Crippen molar-refractivity contribution in [2.45, 2.75) is 17.8 Å². The summed E-state index contributed by atoms with van der Waals surface area (Å²) in [7, 11) is 0. The van der Waals surface area contributed by atoms with Crippen molar-refractivity contribution in [1.82, 2.24) is 9.97 Å². The van der Waals surface area contributed by atoms with Crippen molar-refractivity contribution in [2.24, 2.45) is 0 Å². The van der Waals surface area contributed by atoms with Gasteiger partial charge in [0.25, 0.3) is 0 Å². The molecule has 0 unspecified atom stereocenters. The van der Waals surface area contributed by atoms with Gasteiger partial charge in [0, 0.05) is 18.4 Å². The SMILES string of the molecule is Nc1cc(N)nc(SCCCOCC(F)(F)F)n1. The van der Waals surface area contributed by atoms with Crippen LogP contribution in [-0.4, -0.2) is 35.1 Å². The summed E-state index contributed by atoms with van der Waals surface area (Å²) in [6.45, 7) is -1.19. The van der Waals surface area contributed by atoms with Crippen LogP contribution in [0.5, 0.6) is 0 Å². The molecule has 0 spiro atoms. The molecule has 0 amide bonds. The maximum absolute atomic E-state index is 11.7. The van der Waals surface area contributed by atoms with Crippen molar-refractivity contribution in [3.63, 3.8) is 0 Å². The molecule has 9 heteroatoms. The highest BCUT2D eigenvalue weighted by atomic mass is 32.2. The van der Waals surface area contributed by atoms with E-state index in [1.807, 2.05) is 0 Å². The number of anilines is 2. The molecular weight excluding hydrogens is 269 g/mol. The monoisotopic (exact) mass is 282 g/mol. The topological polar surface area (TPSA) is 87.1 Å². The van der Waals surface area contributed by atoms with Gasteiger partial charge in [-0.1, -0.05) is 11.8 Å². The lowest BCUT2D eigenvalue weighted by molar-refractivity contribution is -0.173. The van der Waals surface area contributed by atoms with Crippen LogP contribution in [0.1, 0.15) is 6.42 Å². The number of nitrogens with two attached hydrogens (primary N) is 2. The van der Waals surface area contributed by atoms with Crippen molar-refractivity contribution in [1.29, 1.82) is 0 Å². The van der Waals surface area contributed by atoms with Gasteiger partial charge in [0.1, 0.15) is 18.2 Å². The van der Waals surface area contributed by atoms with E-state index in [4.69, 9.17) is 11.5 Å². The van der Waals surface area contributed by atoms with Crippen LogP contribution in [0.3, 0.4) is 0 Å². The number of hydrogen-bond donors (Lipinski definition) is 2. The van der Waals surface area contributed by atoms with E-state index in [9.17, 15) is 13.2 Å². The summed E-state index contributed by atoms with van der Waals surface area (Å²) in [6.07, 6.45) is -3.82. The Morgan fingerprint density at radius 3 is 2.39 bits per heavy atom. The van der Waals surface area contributed by atoms with Gasteiger partial charge in [-0.2, -0.15) is 13.2 Å². The van der Waals surface area contributed by atoms with Crippen molar-refractivity contribution in [3.05, 3.63) is 6.07 Å². The van der Waals surface area contributed by atoms with Crippen molar-refractivity contribution in [3.8, 4) is 0 Å². The third-order valence-electron chi connectivity index (χ3n) is 1.68. The maximum Gasteiger partial charge on any atom is 0.411 e. The Labute approximate surface area is 106 Å². The summed E-state index contributed by atoms with van der Waals surface area (Å²) in [4.78, 5) is 7.84. The largest absolute Gasteiger partial charge is 0.411 e. The highest BCUT2D eigenvalue weighted by molar-refractivity contribution is 7.99. The predicted octanol–water partition coefficient (Wildman–Crippen LogP) is 1.70. The summed E-state index contributed by atoms with van der Waals surface area (Å²) in [6, 6.07) is 1.43. The molecule has 0 aromatic carbocycles. The first-order chi connectivity index (χ1) is 8.37. The molecule has 0 saturated carbocycles. The molecule has 0 aliphatic carbocycles. The second kappa shape index (κ2) is 6.64. The Kier molecular flexibility index (Phi) is 5.48. The summed E-state index contributed by atoms with van der Waals surface area (Å²) in [5.74, 6) is 1.05. The predicted molar refractivity (Wildman–Crippen MR) is 63.1 cm³/mol. The van der Waals surface area contributed by atoms with E-state index in [2.05, 4.69) is 14.7 Å². The summed E-state index contributed by atoms with van der Waals surface area (Å²) in [5.41, 5.74) is 10.9. The number of alkyl halides is 3. The number of aromatic nitrogens is 2. The summed E-state index contributed by atoms with van der Waals surface area (Å²) < 4.78 is 39.7. The average molecular weight is 282 g/mol. The molecular formula is C9H13F3N4OS. The van der Waals surface area contributed by atoms with Crippen LogP contribution in [0.4, 0.5) is 24.8 Å². The van der Waals surface area contributed by atoms with Gasteiger partial charge in [-0.25, -0.2) is 9.97 Å². The van der Waals surface area contributed by atoms with E-state index < -0.39 is 12.8 Å². The molecule has 102 valence electrons. The quantitative estimate of drug-likeness (QED) is 0.469. The first kappa shape index (κ1) is 14.8. The Hall–Kier alpha value is -1.22. The molecule has 0 aliphatic heterocycles. The molecule has 0 radical (unpaired) electrons. The van der Waals surface area contributed by atoms with Crippen LogP contribution in [0.2, 0.25) is 0 Å². The number of halogens is 3. The van der Waals surface area contributed by atoms with Gasteiger partial charge in [-0.15, -0.1) is 0 Å². The number of rotatable bonds is 6. The number of nitrogens with zero attached hydrogens (tertiary/aromatic N) is 2. The fraction of sp³-hybridized carbons (Fsp3) is 0.556. The number of ether oxygens (including phenoxy) is 1. The molecule has 5 nitrogen and oxygen atoms in total. The van der Waals surface area contributed by atoms with Gasteiger partial charge in [0.15, 0.2) is 5.16 Å². The van der Waals surface area contributed by atoms with E-state index in [-0.39, 0.29) is 18.2 Å². The Balaban J connectivity index is 2.18. The molecule has 18 heavy (non-hydrogen) atoms. The average Bonchev–Trinajstić information content (AvgIpc) is 2.20. The minimum atomic E-state index is -4.28. The molecule has 0 bridgehead atoms. The number of hydrogen-bond acceptors (Lipinski definition) is 6. The smallest absolute Gasteiger partial charge is 0.383 e. The van der Waals surface area contributed by atoms with Crippen molar-refractivity contribution < 1.29 is 17.9 Å². The minimum absolute atomic E-state index is 0.0321. The summed E-state index contributed by atoms with van der Waals surface area (Å²) >= 11 is 1.26. The minimum Gasteiger partial charge on any atom is -0.383 e. The summed E-state index contributed by atoms with van der Waals surface area (Å²) in [5, 5.41) is 0.406. The van der Waals surface area contributed by atoms with Crippen LogP contribution in [0, 0.1) is 0 Å². The molecule has 1 heterocycles. The van der Waals surface area contributed by atoms with Crippen LogP contribution in [0.15, 0.2) is 11.2 Å². The van der Waals surface area contributed by atoms with E-state index >= 15 is 0 Å². The zero-order valence-electron chi connectivity index (χ0n) is 9.41. The van der Waals surface area contributed by atoms with E-state index in [0.29, 0.717) is 17.3 Å². The van der Waals surface area contributed by atoms with E-state index in [1.165, 1.54) is 17.8 Å². The van der Waals surface area contributed by atoms with Crippen LogP contribution in [-0.2, 0) is 4.74 Å². The molecule has 1 aromatic heterocycles. The van der Waals surface area contributed by atoms with Crippen molar-refractivity contribution in [2.75, 3.05) is 30.4 Å². The standard InChI is InChI=1S/C9H13F3N4OS/c10-9(11,12)5-17-2-1-3-18-8-15-6(13)4-7(14)16-8/h4H,1-3,5H2,(H4,13,14,15,16). The molecule has 1 rings (SSSR count). The Bertz CT molecular complexity index is 368. The van der Waals surface area contributed by atoms with Gasteiger partial charge in [0.2, 0.25) is 0 Å².